The van der Waals surface area contributed by atoms with E-state index < -0.39 is 0 Å². The number of hydrogen-bond acceptors (Lipinski definition) is 2. The molecule has 4 heteroatoms. The van der Waals surface area contributed by atoms with Crippen LogP contribution in [0.5, 0.6) is 0 Å². The Labute approximate surface area is 382 Å². The molecular formula is C62H40N4. The fourth-order valence-electron chi connectivity index (χ4n) is 9.96. The summed E-state index contributed by atoms with van der Waals surface area (Å²) in [5, 5.41) is 6.97. The second-order valence-electron chi connectivity index (χ2n) is 17.0. The number of para-hydroxylation sites is 2. The Morgan fingerprint density at radius 2 is 0.879 bits per heavy atom. The Balaban J connectivity index is 1.01. The molecule has 10 aromatic carbocycles. The van der Waals surface area contributed by atoms with Gasteiger partial charge in [-0.05, 0) is 105 Å². The molecule has 0 aliphatic heterocycles. The third kappa shape index (κ3) is 6.30. The zero-order valence-electron chi connectivity index (χ0n) is 35.9. The van der Waals surface area contributed by atoms with Crippen molar-refractivity contribution in [2.24, 2.45) is 0 Å². The monoisotopic (exact) mass is 840 g/mol. The highest BCUT2D eigenvalue weighted by molar-refractivity contribution is 6.15. The number of fused-ring (bicyclic) bond motifs is 6. The zero-order chi connectivity index (χ0) is 43.6. The minimum atomic E-state index is 0.692. The van der Waals surface area contributed by atoms with Crippen LogP contribution in [0, 0.1) is 0 Å². The van der Waals surface area contributed by atoms with Crippen LogP contribution >= 0.6 is 0 Å². The molecule has 0 aliphatic carbocycles. The van der Waals surface area contributed by atoms with Crippen LogP contribution in [0.2, 0.25) is 0 Å². The average molecular weight is 841 g/mol. The van der Waals surface area contributed by atoms with Gasteiger partial charge < -0.3 is 9.13 Å². The zero-order valence-corrected chi connectivity index (χ0v) is 35.9. The van der Waals surface area contributed by atoms with Gasteiger partial charge in [-0.15, -0.1) is 0 Å². The Morgan fingerprint density at radius 3 is 1.67 bits per heavy atom. The predicted molar refractivity (Wildman–Crippen MR) is 275 cm³/mol. The standard InChI is InChI=1S/C62H40N4/c1-4-15-41(16-5-1)42-31-34-50(35-32-42)65-57-36-33-47(37-54(57)55-40-59-48(39-60(55)65)38-58(45-18-6-2-7-19-45)66(59)49-21-8-3-9-22-49)62-63-56-26-13-12-24-53(56)61(64-62)46-29-27-44(28-30-46)52-25-14-20-43-17-10-11-23-51(43)52/h1-40H. The minimum Gasteiger partial charge on any atom is -0.309 e. The fourth-order valence-corrected chi connectivity index (χ4v) is 9.96. The lowest BCUT2D eigenvalue weighted by atomic mass is 9.96. The van der Waals surface area contributed by atoms with Crippen LogP contribution < -0.4 is 0 Å². The minimum absolute atomic E-state index is 0.692. The summed E-state index contributed by atoms with van der Waals surface area (Å²) in [7, 11) is 0. The predicted octanol–water partition coefficient (Wildman–Crippen LogP) is 16.2. The van der Waals surface area contributed by atoms with Gasteiger partial charge in [0.25, 0.3) is 0 Å². The first kappa shape index (κ1) is 37.7. The third-order valence-corrected chi connectivity index (χ3v) is 13.1. The molecule has 0 N–H and O–H groups in total. The molecule has 0 spiro atoms. The van der Waals surface area contributed by atoms with E-state index in [0.717, 1.165) is 72.1 Å². The molecule has 4 nitrogen and oxygen atoms in total. The van der Waals surface area contributed by atoms with Crippen molar-refractivity contribution < 1.29 is 0 Å². The van der Waals surface area contributed by atoms with E-state index in [1.54, 1.807) is 0 Å². The number of aromatic nitrogens is 4. The SMILES string of the molecule is c1ccc(-c2ccc(-n3c4ccc(-c5nc(-c6ccc(-c7cccc8ccccc78)cc6)c6ccccc6n5)cc4c4cc5c(cc(-c6ccccc6)n5-c5ccccc5)cc43)cc2)cc1. The molecule has 0 unspecified atom stereocenters. The Kier molecular flexibility index (Phi) is 8.81. The van der Waals surface area contributed by atoms with Gasteiger partial charge in [-0.1, -0.05) is 176 Å². The first-order chi connectivity index (χ1) is 32.7. The molecule has 0 bridgehead atoms. The van der Waals surface area contributed by atoms with Gasteiger partial charge in [0.15, 0.2) is 5.82 Å². The van der Waals surface area contributed by atoms with Crippen LogP contribution in [0.25, 0.3) is 122 Å². The summed E-state index contributed by atoms with van der Waals surface area (Å²) < 4.78 is 4.81. The van der Waals surface area contributed by atoms with Crippen molar-refractivity contribution in [2.75, 3.05) is 0 Å². The average Bonchev–Trinajstić information content (AvgIpc) is 3.93. The molecule has 3 heterocycles. The molecule has 3 aromatic heterocycles. The van der Waals surface area contributed by atoms with Crippen molar-refractivity contribution >= 4 is 54.4 Å². The Morgan fingerprint density at radius 1 is 0.288 bits per heavy atom. The topological polar surface area (TPSA) is 35.6 Å². The number of hydrogen-bond donors (Lipinski definition) is 0. The van der Waals surface area contributed by atoms with Crippen molar-refractivity contribution in [3.05, 3.63) is 243 Å². The molecule has 0 radical (unpaired) electrons. The molecule has 0 aliphatic rings. The van der Waals surface area contributed by atoms with E-state index in [1.165, 1.54) is 44.0 Å². The van der Waals surface area contributed by atoms with Crippen LogP contribution in [-0.2, 0) is 0 Å². The van der Waals surface area contributed by atoms with E-state index in [1.807, 2.05) is 0 Å². The summed E-state index contributed by atoms with van der Waals surface area (Å²) in [5.74, 6) is 0.692. The van der Waals surface area contributed by atoms with Gasteiger partial charge in [0.2, 0.25) is 0 Å². The number of benzene rings is 10. The van der Waals surface area contributed by atoms with Gasteiger partial charge in [0.05, 0.1) is 33.5 Å². The highest BCUT2D eigenvalue weighted by Crippen LogP contribution is 2.41. The molecule has 13 aromatic rings. The van der Waals surface area contributed by atoms with Crippen molar-refractivity contribution in [1.29, 1.82) is 0 Å². The molecule has 13 rings (SSSR count). The van der Waals surface area contributed by atoms with Crippen LogP contribution in [-0.4, -0.2) is 19.1 Å². The summed E-state index contributed by atoms with van der Waals surface area (Å²) in [5.41, 5.74) is 16.6. The highest BCUT2D eigenvalue weighted by Gasteiger charge is 2.20. The van der Waals surface area contributed by atoms with Crippen LogP contribution in [0.4, 0.5) is 0 Å². The second kappa shape index (κ2) is 15.4. The van der Waals surface area contributed by atoms with E-state index >= 15 is 0 Å². The lowest BCUT2D eigenvalue weighted by Crippen LogP contribution is -1.96. The van der Waals surface area contributed by atoms with Gasteiger partial charge in [-0.2, -0.15) is 0 Å². The van der Waals surface area contributed by atoms with Gasteiger partial charge >= 0.3 is 0 Å². The maximum Gasteiger partial charge on any atom is 0.160 e. The number of nitrogens with zero attached hydrogens (tertiary/aromatic N) is 4. The van der Waals surface area contributed by atoms with E-state index in [9.17, 15) is 0 Å². The molecule has 0 atom stereocenters. The van der Waals surface area contributed by atoms with Crippen molar-refractivity contribution in [2.45, 2.75) is 0 Å². The summed E-state index contributed by atoms with van der Waals surface area (Å²) >= 11 is 0. The van der Waals surface area contributed by atoms with Crippen molar-refractivity contribution in [1.82, 2.24) is 19.1 Å². The summed E-state index contributed by atoms with van der Waals surface area (Å²) in [6.45, 7) is 0. The summed E-state index contributed by atoms with van der Waals surface area (Å²) in [4.78, 5) is 10.6. The molecule has 0 amide bonds. The van der Waals surface area contributed by atoms with Gasteiger partial charge in [0.1, 0.15) is 0 Å². The highest BCUT2D eigenvalue weighted by atomic mass is 15.0. The first-order valence-corrected chi connectivity index (χ1v) is 22.5. The molecule has 66 heavy (non-hydrogen) atoms. The summed E-state index contributed by atoms with van der Waals surface area (Å²) in [6, 6.07) is 87.0. The lowest BCUT2D eigenvalue weighted by Gasteiger charge is -2.12. The molecule has 308 valence electrons. The van der Waals surface area contributed by atoms with E-state index in [4.69, 9.17) is 9.97 Å². The fraction of sp³-hybridized carbons (Fsp3) is 0. The molecular weight excluding hydrogens is 801 g/mol. The first-order valence-electron chi connectivity index (χ1n) is 22.5. The second-order valence-corrected chi connectivity index (χ2v) is 17.0. The van der Waals surface area contributed by atoms with Crippen molar-refractivity contribution in [3.8, 4) is 67.5 Å². The molecule has 0 saturated heterocycles. The van der Waals surface area contributed by atoms with Gasteiger partial charge in [0, 0.05) is 44.0 Å². The van der Waals surface area contributed by atoms with E-state index in [2.05, 4.69) is 252 Å². The van der Waals surface area contributed by atoms with E-state index in [-0.39, 0.29) is 0 Å². The van der Waals surface area contributed by atoms with E-state index in [0.29, 0.717) is 5.82 Å². The van der Waals surface area contributed by atoms with Gasteiger partial charge in [-0.3, -0.25) is 0 Å². The maximum atomic E-state index is 5.40. The van der Waals surface area contributed by atoms with Crippen molar-refractivity contribution in [3.63, 3.8) is 0 Å². The normalized spacial score (nSPS) is 11.6. The quantitative estimate of drug-likeness (QED) is 0.160. The third-order valence-electron chi connectivity index (χ3n) is 13.1. The van der Waals surface area contributed by atoms with Crippen LogP contribution in [0.3, 0.4) is 0 Å². The van der Waals surface area contributed by atoms with Gasteiger partial charge in [-0.25, -0.2) is 9.97 Å². The van der Waals surface area contributed by atoms with Crippen LogP contribution in [0.15, 0.2) is 243 Å². The maximum absolute atomic E-state index is 5.40. The van der Waals surface area contributed by atoms with Crippen LogP contribution in [0.1, 0.15) is 0 Å². The summed E-state index contributed by atoms with van der Waals surface area (Å²) in [6.07, 6.45) is 0. The largest absolute Gasteiger partial charge is 0.309 e. The molecule has 0 saturated carbocycles. The Hall–Kier alpha value is -8.86. The Bertz CT molecular complexity index is 3940. The number of rotatable bonds is 7. The molecule has 0 fully saturated rings. The smallest absolute Gasteiger partial charge is 0.160 e. The lowest BCUT2D eigenvalue weighted by molar-refractivity contribution is 1.13.